The Labute approximate surface area is 495 Å². The second-order valence-electron chi connectivity index (χ2n) is 19.5. The highest BCUT2D eigenvalue weighted by molar-refractivity contribution is 5.71. The Bertz CT molecular complexity index is 2530. The molecular weight excluding hydrogens is 1180 g/mol. The van der Waals surface area contributed by atoms with Crippen molar-refractivity contribution in [2.75, 3.05) is 26.4 Å². The van der Waals surface area contributed by atoms with Crippen LogP contribution in [0.2, 0.25) is 0 Å². The van der Waals surface area contributed by atoms with Crippen LogP contribution < -0.4 is 0 Å². The summed E-state index contributed by atoms with van der Waals surface area (Å²) < 4.78 is 121. The van der Waals surface area contributed by atoms with Crippen LogP contribution in [0, 0.1) is 0 Å². The highest BCUT2D eigenvalue weighted by Crippen LogP contribution is 2.39. The molecular formula is C52H70O35. The standard InChI is InChI=1S/C52H70O35/c1-19(53)67-15-33-37(71-22(4)56)41(73-24(6)58)45(77-28(10)62)49(82-33)70-18-36-38(72-23(5)57)42(74-25(7)59)47(79-30(12)64)51(85-36)87-40-35(17-69-21(3)55)84-52(48(80-31(13)65)44(40)76-27(9)61)86-39-34(16-68-20(2)54)83-50(81-32(14)66)46(78-29(11)63)43(39)75-26(8)60/h33-52H,15-18H2,1-14H3/t33-,34-,35-,36-,37-,38-,39-,40-,41+,42+,43+,44+,45-,46-,47-,48-,49+,50-,51-,52-/m1/s1. The van der Waals surface area contributed by atoms with Crippen LogP contribution in [-0.2, 0) is 167 Å². The molecule has 0 aliphatic carbocycles. The summed E-state index contributed by atoms with van der Waals surface area (Å²) in [6.45, 7) is 9.78. The van der Waals surface area contributed by atoms with Crippen LogP contribution in [0.3, 0.4) is 0 Å². The van der Waals surface area contributed by atoms with Gasteiger partial charge < -0.3 is 99.5 Å². The normalized spacial score (nSPS) is 31.9. The molecule has 4 aliphatic rings. The minimum absolute atomic E-state index is 0.703. The van der Waals surface area contributed by atoms with E-state index >= 15 is 0 Å². The summed E-state index contributed by atoms with van der Waals surface area (Å²) in [4.78, 5) is 178. The van der Waals surface area contributed by atoms with Gasteiger partial charge in [-0.1, -0.05) is 0 Å². The quantitative estimate of drug-likeness (QED) is 0.0763. The van der Waals surface area contributed by atoms with Gasteiger partial charge in [-0.05, 0) is 0 Å². The van der Waals surface area contributed by atoms with Crippen LogP contribution in [0.15, 0.2) is 0 Å². The van der Waals surface area contributed by atoms with Crippen molar-refractivity contribution in [1.29, 1.82) is 0 Å². The summed E-state index contributed by atoms with van der Waals surface area (Å²) in [5, 5.41) is 0. The second kappa shape index (κ2) is 32.9. The molecule has 0 aromatic carbocycles. The van der Waals surface area contributed by atoms with Crippen LogP contribution >= 0.6 is 0 Å². The zero-order valence-corrected chi connectivity index (χ0v) is 49.7. The van der Waals surface area contributed by atoms with Crippen molar-refractivity contribution in [2.45, 2.75) is 220 Å². The predicted octanol–water partition coefficient (Wildman–Crippen LogP) is -1.76. The molecule has 0 spiro atoms. The maximum Gasteiger partial charge on any atom is 0.305 e. The fourth-order valence-corrected chi connectivity index (χ4v) is 9.33. The molecule has 4 saturated heterocycles. The lowest BCUT2D eigenvalue weighted by Gasteiger charge is -2.50. The molecule has 4 rings (SSSR count). The highest BCUT2D eigenvalue weighted by Gasteiger charge is 2.61. The van der Waals surface area contributed by atoms with Crippen LogP contribution in [-0.4, -0.2) is 233 Å². The Kier molecular flexibility index (Phi) is 27.1. The first-order valence-corrected chi connectivity index (χ1v) is 26.5. The predicted molar refractivity (Wildman–Crippen MR) is 268 cm³/mol. The van der Waals surface area contributed by atoms with Gasteiger partial charge in [0, 0.05) is 96.9 Å². The van der Waals surface area contributed by atoms with Gasteiger partial charge in [-0.2, -0.15) is 0 Å². The van der Waals surface area contributed by atoms with Crippen molar-refractivity contribution in [3.63, 3.8) is 0 Å². The van der Waals surface area contributed by atoms with E-state index in [1.807, 2.05) is 0 Å². The van der Waals surface area contributed by atoms with Gasteiger partial charge in [-0.25, -0.2) is 0 Å². The number of hydrogen-bond acceptors (Lipinski definition) is 35. The summed E-state index contributed by atoms with van der Waals surface area (Å²) >= 11 is 0. The lowest BCUT2D eigenvalue weighted by molar-refractivity contribution is -0.381. The van der Waals surface area contributed by atoms with E-state index in [2.05, 4.69) is 0 Å². The number of rotatable bonds is 24. The molecule has 4 fully saturated rings. The van der Waals surface area contributed by atoms with E-state index in [1.54, 1.807) is 0 Å². The van der Waals surface area contributed by atoms with Gasteiger partial charge in [-0.15, -0.1) is 0 Å². The molecule has 0 N–H and O–H groups in total. The average molecular weight is 1260 g/mol. The molecule has 20 atom stereocenters. The number of hydrogen-bond donors (Lipinski definition) is 0. The molecule has 87 heavy (non-hydrogen) atoms. The maximum absolute atomic E-state index is 13.3. The van der Waals surface area contributed by atoms with Crippen molar-refractivity contribution < 1.29 is 167 Å². The SMILES string of the molecule is CC(=O)OC[C@H]1O[C@H](OC[C@H]2O[C@H](O[C@H]3[C@H](OC(C)=O)[C@@H](OC(C)=O)[C@@H](O[C@H]4[C@H](OC(C)=O)[C@@H](OC(C)=O)[C@H](OC(C)=O)O[C@@H]4COC(C)=O)O[C@@H]3COC(C)=O)[C@H](OC(C)=O)[C@@H](OC(C)=O)[C@@H]2OC(C)=O)[C@H](OC(C)=O)[C@@H](OC(C)=O)[C@@H]1OC(C)=O. The molecule has 0 bridgehead atoms. The molecule has 35 nitrogen and oxygen atoms in total. The molecule has 0 unspecified atom stereocenters. The van der Waals surface area contributed by atoms with Crippen molar-refractivity contribution in [3.05, 3.63) is 0 Å². The Morgan fingerprint density at radius 1 is 0.218 bits per heavy atom. The largest absolute Gasteiger partial charge is 0.463 e. The molecule has 4 heterocycles. The number of carbonyl (C=O) groups is 14. The Morgan fingerprint density at radius 3 is 0.713 bits per heavy atom. The monoisotopic (exact) mass is 1250 g/mol. The zero-order chi connectivity index (χ0) is 65.3. The summed E-state index contributed by atoms with van der Waals surface area (Å²) in [5.41, 5.74) is 0. The van der Waals surface area contributed by atoms with Crippen LogP contribution in [0.4, 0.5) is 0 Å². The van der Waals surface area contributed by atoms with E-state index in [1.165, 1.54) is 0 Å². The van der Waals surface area contributed by atoms with Gasteiger partial charge in [0.2, 0.25) is 12.4 Å². The smallest absolute Gasteiger partial charge is 0.305 e. The third kappa shape index (κ3) is 21.9. The lowest BCUT2D eigenvalue weighted by Crippen LogP contribution is -2.69. The second-order valence-corrected chi connectivity index (χ2v) is 19.5. The molecule has 0 radical (unpaired) electrons. The Hall–Kier alpha value is -7.70. The molecule has 4 aliphatic heterocycles. The fraction of sp³-hybridized carbons (Fsp3) is 0.731. The molecule has 488 valence electrons. The van der Waals surface area contributed by atoms with Crippen molar-refractivity contribution in [1.82, 2.24) is 0 Å². The van der Waals surface area contributed by atoms with E-state index in [-0.39, 0.29) is 0 Å². The molecule has 0 aromatic rings. The topological polar surface area (TPSA) is 433 Å². The summed E-state index contributed by atoms with van der Waals surface area (Å²) in [6, 6.07) is 0. The maximum atomic E-state index is 13.3. The van der Waals surface area contributed by atoms with Gasteiger partial charge in [0.25, 0.3) is 0 Å². The van der Waals surface area contributed by atoms with Crippen molar-refractivity contribution in [3.8, 4) is 0 Å². The van der Waals surface area contributed by atoms with Gasteiger partial charge >= 0.3 is 83.6 Å². The van der Waals surface area contributed by atoms with E-state index < -0.39 is 233 Å². The first-order valence-electron chi connectivity index (χ1n) is 26.5. The molecule has 0 aromatic heterocycles. The number of ether oxygens (including phenoxy) is 21. The minimum atomic E-state index is -2.23. The van der Waals surface area contributed by atoms with Crippen LogP contribution in [0.1, 0.15) is 96.9 Å². The molecule has 35 heteroatoms. The first kappa shape index (κ1) is 71.8. The lowest BCUT2D eigenvalue weighted by atomic mass is 9.95. The molecule has 0 amide bonds. The third-order valence-electron chi connectivity index (χ3n) is 12.0. The van der Waals surface area contributed by atoms with Crippen molar-refractivity contribution >= 4 is 83.6 Å². The first-order chi connectivity index (χ1) is 40.6. The van der Waals surface area contributed by atoms with Gasteiger partial charge in [0.05, 0.1) is 6.61 Å². The Morgan fingerprint density at radius 2 is 0.425 bits per heavy atom. The van der Waals surface area contributed by atoms with Crippen LogP contribution in [0.5, 0.6) is 0 Å². The third-order valence-corrected chi connectivity index (χ3v) is 12.0. The van der Waals surface area contributed by atoms with Crippen molar-refractivity contribution in [2.24, 2.45) is 0 Å². The average Bonchev–Trinajstić information content (AvgIpc) is 0.857. The van der Waals surface area contributed by atoms with E-state index in [0.717, 1.165) is 96.9 Å². The summed E-state index contributed by atoms with van der Waals surface area (Å²) in [7, 11) is 0. The van der Waals surface area contributed by atoms with Gasteiger partial charge in [0.1, 0.15) is 56.4 Å². The summed E-state index contributed by atoms with van der Waals surface area (Å²) in [6.07, 6.45) is -38.5. The summed E-state index contributed by atoms with van der Waals surface area (Å²) in [5.74, 6) is -14.5. The van der Waals surface area contributed by atoms with Gasteiger partial charge in [0.15, 0.2) is 73.8 Å². The molecule has 0 saturated carbocycles. The van der Waals surface area contributed by atoms with E-state index in [9.17, 15) is 67.1 Å². The van der Waals surface area contributed by atoms with E-state index in [0.29, 0.717) is 0 Å². The van der Waals surface area contributed by atoms with Crippen LogP contribution in [0.25, 0.3) is 0 Å². The van der Waals surface area contributed by atoms with Gasteiger partial charge in [-0.3, -0.25) is 67.1 Å². The zero-order valence-electron chi connectivity index (χ0n) is 49.7. The highest BCUT2D eigenvalue weighted by atomic mass is 16.8. The fourth-order valence-electron chi connectivity index (χ4n) is 9.33. The number of esters is 14. The number of carbonyl (C=O) groups excluding carboxylic acids is 14. The minimum Gasteiger partial charge on any atom is -0.463 e. The van der Waals surface area contributed by atoms with E-state index in [4.69, 9.17) is 99.5 Å². The Balaban J connectivity index is 1.97.